The normalized spacial score (nSPS) is 17.9. The van der Waals surface area contributed by atoms with Crippen molar-refractivity contribution in [3.05, 3.63) is 86.8 Å². The van der Waals surface area contributed by atoms with E-state index in [0.717, 1.165) is 37.1 Å². The fourth-order valence-corrected chi connectivity index (χ4v) is 7.26. The maximum absolute atomic E-state index is 12.9. The molecule has 0 aliphatic heterocycles. The van der Waals surface area contributed by atoms with Gasteiger partial charge in [-0.05, 0) is 67.6 Å². The van der Waals surface area contributed by atoms with Crippen LogP contribution in [-0.4, -0.2) is 34.2 Å². The predicted molar refractivity (Wildman–Crippen MR) is 182 cm³/mol. The number of amides is 2. The van der Waals surface area contributed by atoms with Gasteiger partial charge in [0.1, 0.15) is 5.01 Å². The van der Waals surface area contributed by atoms with Crippen LogP contribution in [0.1, 0.15) is 81.3 Å². The Kier molecular flexibility index (Phi) is 13.9. The van der Waals surface area contributed by atoms with Crippen LogP contribution in [0.5, 0.6) is 0 Å². The number of rotatable bonds is 11. The Labute approximate surface area is 273 Å². The summed E-state index contributed by atoms with van der Waals surface area (Å²) in [5.74, 6) is -0.0336. The monoisotopic (exact) mass is 641 g/mol. The Morgan fingerprint density at radius 2 is 2.00 bits per heavy atom. The molecule has 0 radical (unpaired) electrons. The van der Waals surface area contributed by atoms with Crippen LogP contribution < -0.4 is 10.6 Å². The molecule has 45 heavy (non-hydrogen) atoms. The molecular weight excluding hydrogens is 603 g/mol. The van der Waals surface area contributed by atoms with Gasteiger partial charge in [-0.1, -0.05) is 85.0 Å². The molecule has 234 valence electrons. The standard InChI is InChI=1S/C34H39N7O2S2/c1-6-12-24(23(8-3)20-35)18-30(43)39-34-41-40-32(45-34)27-16-11-15-26(17-27)31(22(4)7-2)44-33(37-5)38-29(42)19-25-13-9-10-14-28(25)21-36/h6,8-10,12-14,26-27H,1,7,11,15-19H2,2-5H3,(H,37,38,42)(H,39,41,43). The molecule has 0 saturated heterocycles. The van der Waals surface area contributed by atoms with E-state index >= 15 is 0 Å². The van der Waals surface area contributed by atoms with E-state index in [1.165, 1.54) is 33.6 Å². The minimum atomic E-state index is -0.272. The molecule has 0 bridgehead atoms. The van der Waals surface area contributed by atoms with Crippen molar-refractivity contribution < 1.29 is 9.59 Å². The molecule has 2 amide bonds. The number of nitriles is 2. The molecule has 1 saturated carbocycles. The van der Waals surface area contributed by atoms with Gasteiger partial charge in [-0.3, -0.25) is 14.6 Å². The fourth-order valence-electron chi connectivity index (χ4n) is 5.19. The van der Waals surface area contributed by atoms with Crippen LogP contribution in [0, 0.1) is 28.6 Å². The van der Waals surface area contributed by atoms with E-state index in [1.54, 1.807) is 50.4 Å². The lowest BCUT2D eigenvalue weighted by Gasteiger charge is -2.30. The average molecular weight is 642 g/mol. The van der Waals surface area contributed by atoms with Gasteiger partial charge in [-0.2, -0.15) is 10.5 Å². The van der Waals surface area contributed by atoms with Gasteiger partial charge in [0, 0.05) is 13.0 Å². The van der Waals surface area contributed by atoms with Crippen LogP contribution in [0.4, 0.5) is 5.13 Å². The third-order valence-corrected chi connectivity index (χ3v) is 9.98. The van der Waals surface area contributed by atoms with Crippen molar-refractivity contribution in [3.63, 3.8) is 0 Å². The third-order valence-electron chi connectivity index (χ3n) is 7.60. The van der Waals surface area contributed by atoms with Crippen LogP contribution in [0.15, 0.2) is 75.7 Å². The van der Waals surface area contributed by atoms with Crippen molar-refractivity contribution in [1.29, 1.82) is 10.5 Å². The number of carbonyl (C=O) groups excluding carboxylic acids is 2. The number of aromatic nitrogens is 2. The SMILES string of the molecule is C=CC=C(CC(=O)Nc1nnc(C2CCCC(C(SC(=NC)NC(=O)Cc3ccccc3C#N)=C(C)CC)C2)s1)C(C#N)=CC. The van der Waals surface area contributed by atoms with Gasteiger partial charge in [0.15, 0.2) is 5.17 Å². The molecule has 1 aliphatic rings. The second kappa shape index (κ2) is 17.8. The van der Waals surface area contributed by atoms with E-state index in [1.807, 2.05) is 6.07 Å². The quantitative estimate of drug-likeness (QED) is 0.113. The number of benzene rings is 1. The lowest BCUT2D eigenvalue weighted by atomic mass is 9.80. The summed E-state index contributed by atoms with van der Waals surface area (Å²) in [5, 5.41) is 35.1. The van der Waals surface area contributed by atoms with E-state index in [-0.39, 0.29) is 36.5 Å². The first kappa shape index (κ1) is 35.2. The zero-order valence-electron chi connectivity index (χ0n) is 26.2. The molecule has 9 nitrogen and oxygen atoms in total. The largest absolute Gasteiger partial charge is 0.305 e. The van der Waals surface area contributed by atoms with Crippen LogP contribution in [0.2, 0.25) is 0 Å². The van der Waals surface area contributed by atoms with Crippen LogP contribution >= 0.6 is 23.1 Å². The molecule has 1 aromatic heterocycles. The summed E-state index contributed by atoms with van der Waals surface area (Å²) in [4.78, 5) is 31.3. The van der Waals surface area contributed by atoms with Crippen molar-refractivity contribution >= 4 is 45.2 Å². The summed E-state index contributed by atoms with van der Waals surface area (Å²) < 4.78 is 0. The van der Waals surface area contributed by atoms with Gasteiger partial charge in [-0.25, -0.2) is 0 Å². The Morgan fingerprint density at radius 3 is 2.67 bits per heavy atom. The Balaban J connectivity index is 1.68. The zero-order chi connectivity index (χ0) is 32.8. The summed E-state index contributed by atoms with van der Waals surface area (Å²) in [6.45, 7) is 9.69. The van der Waals surface area contributed by atoms with Crippen LogP contribution in [0.3, 0.4) is 0 Å². The average Bonchev–Trinajstić information content (AvgIpc) is 3.51. The number of hydrogen-bond acceptors (Lipinski definition) is 9. The Bertz CT molecular complexity index is 1600. The summed E-state index contributed by atoms with van der Waals surface area (Å²) in [6.07, 6.45) is 9.79. The van der Waals surface area contributed by atoms with Crippen molar-refractivity contribution in [1.82, 2.24) is 15.5 Å². The first-order chi connectivity index (χ1) is 21.8. The molecule has 1 aromatic carbocycles. The second-order valence-corrected chi connectivity index (χ2v) is 12.6. The minimum Gasteiger partial charge on any atom is -0.305 e. The van der Waals surface area contributed by atoms with Gasteiger partial charge in [0.2, 0.25) is 16.9 Å². The highest BCUT2D eigenvalue weighted by Crippen LogP contribution is 2.45. The highest BCUT2D eigenvalue weighted by atomic mass is 32.2. The molecule has 0 spiro atoms. The van der Waals surface area contributed by atoms with Gasteiger partial charge >= 0.3 is 0 Å². The molecule has 2 aromatic rings. The lowest BCUT2D eigenvalue weighted by molar-refractivity contribution is -0.119. The van der Waals surface area contributed by atoms with Gasteiger partial charge in [-0.15, -0.1) is 10.2 Å². The highest BCUT2D eigenvalue weighted by molar-refractivity contribution is 8.17. The molecule has 3 rings (SSSR count). The van der Waals surface area contributed by atoms with Crippen molar-refractivity contribution in [2.24, 2.45) is 10.9 Å². The summed E-state index contributed by atoms with van der Waals surface area (Å²) in [5.41, 5.74) is 3.44. The molecule has 1 aliphatic carbocycles. The number of amidine groups is 1. The molecule has 1 heterocycles. The lowest BCUT2D eigenvalue weighted by Crippen LogP contribution is -2.30. The maximum Gasteiger partial charge on any atom is 0.230 e. The molecule has 2 atom stereocenters. The van der Waals surface area contributed by atoms with Gasteiger partial charge in [0.05, 0.1) is 36.1 Å². The van der Waals surface area contributed by atoms with E-state index < -0.39 is 0 Å². The first-order valence-corrected chi connectivity index (χ1v) is 16.5. The topological polar surface area (TPSA) is 144 Å². The minimum absolute atomic E-state index is 0.0318. The van der Waals surface area contributed by atoms with E-state index in [4.69, 9.17) is 0 Å². The number of hydrogen-bond donors (Lipinski definition) is 2. The maximum atomic E-state index is 12.9. The van der Waals surface area contributed by atoms with Crippen LogP contribution in [-0.2, 0) is 16.0 Å². The number of thioether (sulfide) groups is 1. The summed E-state index contributed by atoms with van der Waals surface area (Å²) in [7, 11) is 1.67. The molecule has 1 fully saturated rings. The van der Waals surface area contributed by atoms with Crippen molar-refractivity contribution in [3.8, 4) is 12.1 Å². The first-order valence-electron chi connectivity index (χ1n) is 14.9. The van der Waals surface area contributed by atoms with Crippen molar-refractivity contribution in [2.45, 2.75) is 71.6 Å². The molecular formula is C34H39N7O2S2. The molecule has 2 unspecified atom stereocenters. The highest BCUT2D eigenvalue weighted by Gasteiger charge is 2.30. The predicted octanol–water partition coefficient (Wildman–Crippen LogP) is 7.36. The summed E-state index contributed by atoms with van der Waals surface area (Å²) >= 11 is 2.89. The van der Waals surface area contributed by atoms with Crippen molar-refractivity contribution in [2.75, 3.05) is 12.4 Å². The smallest absolute Gasteiger partial charge is 0.230 e. The second-order valence-electron chi connectivity index (χ2n) is 10.6. The number of anilines is 1. The fraction of sp³-hybridized carbons (Fsp3) is 0.382. The van der Waals surface area contributed by atoms with E-state index in [2.05, 4.69) is 58.4 Å². The van der Waals surface area contributed by atoms with Gasteiger partial charge < -0.3 is 10.6 Å². The van der Waals surface area contributed by atoms with E-state index in [0.29, 0.717) is 32.6 Å². The number of aliphatic imine (C=N–C) groups is 1. The third kappa shape index (κ3) is 10.1. The molecule has 11 heteroatoms. The van der Waals surface area contributed by atoms with Gasteiger partial charge in [0.25, 0.3) is 0 Å². The number of nitrogens with zero attached hydrogens (tertiary/aromatic N) is 5. The van der Waals surface area contributed by atoms with Crippen LogP contribution in [0.25, 0.3) is 0 Å². The Morgan fingerprint density at radius 1 is 1.22 bits per heavy atom. The Hall–Kier alpha value is -4.32. The number of carbonyl (C=O) groups is 2. The number of nitrogens with one attached hydrogen (secondary N) is 2. The summed E-state index contributed by atoms with van der Waals surface area (Å²) in [6, 6.07) is 11.4. The zero-order valence-corrected chi connectivity index (χ0v) is 27.9. The van der Waals surface area contributed by atoms with E-state index in [9.17, 15) is 20.1 Å². The number of allylic oxidation sites excluding steroid dienone is 6. The molecule has 2 N–H and O–H groups in total.